The van der Waals surface area contributed by atoms with E-state index in [1.165, 1.54) is 0 Å². The fourth-order valence-electron chi connectivity index (χ4n) is 8.45. The normalized spacial score (nSPS) is 14.0. The first-order valence-electron chi connectivity index (χ1n) is 20.4. The van der Waals surface area contributed by atoms with Crippen molar-refractivity contribution in [3.8, 4) is 39.9 Å². The number of aliphatic imine (C=N–C) groups is 1. The van der Waals surface area contributed by atoms with E-state index in [2.05, 4.69) is 126 Å². The molecule has 3 aromatic heterocycles. The van der Waals surface area contributed by atoms with Crippen LogP contribution in [-0.4, -0.2) is 32.3 Å². The Morgan fingerprint density at radius 3 is 1.82 bits per heavy atom. The molecule has 7 aromatic carbocycles. The molecule has 11 rings (SSSR count). The summed E-state index contributed by atoms with van der Waals surface area (Å²) in [4.78, 5) is 22.8. The smallest absolute Gasteiger partial charge is 0.238 e. The monoisotopic (exact) mass is 786 g/mol. The molecule has 0 amide bonds. The summed E-state index contributed by atoms with van der Waals surface area (Å²) in [5.74, 6) is 2.62. The van der Waals surface area contributed by atoms with Crippen molar-refractivity contribution >= 4 is 56.1 Å². The van der Waals surface area contributed by atoms with Crippen LogP contribution in [0.1, 0.15) is 18.1 Å². The molecule has 4 heterocycles. The second kappa shape index (κ2) is 14.9. The molecule has 0 unspecified atom stereocenters. The first kappa shape index (κ1) is 36.0. The summed E-state index contributed by atoms with van der Waals surface area (Å²) < 4.78 is 8.80. The lowest BCUT2D eigenvalue weighted by Gasteiger charge is -2.28. The van der Waals surface area contributed by atoms with E-state index in [1.54, 1.807) is 0 Å². The second-order valence-corrected chi connectivity index (χ2v) is 15.1. The Bertz CT molecular complexity index is 3440. The lowest BCUT2D eigenvalue weighted by molar-refractivity contribution is 0.575. The summed E-state index contributed by atoms with van der Waals surface area (Å²) in [5, 5.41) is 4.13. The molecule has 61 heavy (non-hydrogen) atoms. The van der Waals surface area contributed by atoms with Crippen molar-refractivity contribution in [2.75, 3.05) is 11.9 Å². The van der Waals surface area contributed by atoms with Crippen LogP contribution in [0.25, 0.3) is 84.5 Å². The molecule has 1 aliphatic rings. The van der Waals surface area contributed by atoms with Crippen LogP contribution in [0.3, 0.4) is 0 Å². The molecule has 290 valence electrons. The zero-order valence-electron chi connectivity index (χ0n) is 33.6. The van der Waals surface area contributed by atoms with E-state index < -0.39 is 0 Å². The van der Waals surface area contributed by atoms with Crippen LogP contribution >= 0.6 is 0 Å². The molecule has 0 saturated carbocycles. The van der Waals surface area contributed by atoms with Crippen LogP contribution < -0.4 is 15.5 Å². The standard InChI is InChI=1S/C54H38N6O/c1-3-4-28-48-49(53-55-50(35-18-8-5-9-19-35)41-25-15-16-26-44(41)59(53)2)43-34-39(30-32-47(43)61-48)38-29-31-46-42(33-38)40-24-14-17-27-45(40)60(46)54-57-51(36-20-10-6-11-21-36)56-52(58-54)37-22-12-7-13-23-37/h3-34H,1-2H3/b4-3-,48-28+,53-49-. The van der Waals surface area contributed by atoms with Crippen LogP contribution in [0.2, 0.25) is 0 Å². The molecule has 7 heteroatoms. The number of hydrogen-bond acceptors (Lipinski definition) is 6. The summed E-state index contributed by atoms with van der Waals surface area (Å²) in [6.07, 6.45) is 6.06. The maximum atomic E-state index is 6.64. The number of rotatable bonds is 6. The fraction of sp³-hybridized carbons (Fsp3) is 0.0370. The summed E-state index contributed by atoms with van der Waals surface area (Å²) in [6.45, 7) is 2.01. The predicted molar refractivity (Wildman–Crippen MR) is 249 cm³/mol. The second-order valence-electron chi connectivity index (χ2n) is 15.1. The molecule has 0 radical (unpaired) electrons. The molecule has 0 aliphatic carbocycles. The molecule has 0 spiro atoms. The van der Waals surface area contributed by atoms with Gasteiger partial charge in [0.1, 0.15) is 16.8 Å². The highest BCUT2D eigenvalue weighted by Crippen LogP contribution is 2.36. The van der Waals surface area contributed by atoms with Gasteiger partial charge >= 0.3 is 0 Å². The van der Waals surface area contributed by atoms with Gasteiger partial charge < -0.3 is 9.32 Å². The lowest BCUT2D eigenvalue weighted by Crippen LogP contribution is -2.33. The van der Waals surface area contributed by atoms with E-state index in [0.29, 0.717) is 17.6 Å². The third kappa shape index (κ3) is 6.22. The molecule has 0 bridgehead atoms. The van der Waals surface area contributed by atoms with Crippen molar-refractivity contribution in [1.82, 2.24) is 19.5 Å². The van der Waals surface area contributed by atoms with Crippen LogP contribution in [0, 0.1) is 0 Å². The Hall–Kier alpha value is -8.16. The number of benzene rings is 7. The topological polar surface area (TPSA) is 72.3 Å². The number of fused-ring (bicyclic) bond motifs is 5. The number of allylic oxidation sites excluding steroid dienone is 2. The Morgan fingerprint density at radius 2 is 1.11 bits per heavy atom. The quantitative estimate of drug-likeness (QED) is 0.168. The first-order valence-corrected chi connectivity index (χ1v) is 20.4. The van der Waals surface area contributed by atoms with Gasteiger partial charge in [-0.1, -0.05) is 152 Å². The number of para-hydroxylation sites is 2. The van der Waals surface area contributed by atoms with Gasteiger partial charge in [-0.3, -0.25) is 4.57 Å². The molecule has 10 aromatic rings. The Balaban J connectivity index is 1.12. The fourth-order valence-corrected chi connectivity index (χ4v) is 8.45. The van der Waals surface area contributed by atoms with Gasteiger partial charge in [-0.2, -0.15) is 9.97 Å². The van der Waals surface area contributed by atoms with E-state index in [1.807, 2.05) is 91.9 Å². The van der Waals surface area contributed by atoms with Gasteiger partial charge in [0, 0.05) is 45.5 Å². The van der Waals surface area contributed by atoms with Gasteiger partial charge in [0.2, 0.25) is 5.95 Å². The highest BCUT2D eigenvalue weighted by atomic mass is 16.3. The van der Waals surface area contributed by atoms with Crippen LogP contribution in [0.4, 0.5) is 5.69 Å². The van der Waals surface area contributed by atoms with Crippen LogP contribution in [0.5, 0.6) is 0 Å². The van der Waals surface area contributed by atoms with Crippen molar-refractivity contribution in [1.29, 1.82) is 0 Å². The predicted octanol–water partition coefficient (Wildman–Crippen LogP) is 11.1. The Morgan fingerprint density at radius 1 is 0.525 bits per heavy atom. The largest absolute Gasteiger partial charge is 0.456 e. The first-order chi connectivity index (χ1) is 30.1. The highest BCUT2D eigenvalue weighted by Gasteiger charge is 2.25. The maximum Gasteiger partial charge on any atom is 0.238 e. The van der Waals surface area contributed by atoms with Crippen molar-refractivity contribution in [2.45, 2.75) is 6.92 Å². The Labute approximate surface area is 352 Å². The third-order valence-electron chi connectivity index (χ3n) is 11.4. The van der Waals surface area contributed by atoms with E-state index in [-0.39, 0.29) is 0 Å². The Kier molecular flexibility index (Phi) is 8.78. The van der Waals surface area contributed by atoms with Gasteiger partial charge in [-0.05, 0) is 60.5 Å². The molecule has 0 saturated heterocycles. The van der Waals surface area contributed by atoms with Gasteiger partial charge in [0.05, 0.1) is 27.7 Å². The van der Waals surface area contributed by atoms with Crippen molar-refractivity contribution in [2.24, 2.45) is 4.99 Å². The number of aromatic nitrogens is 4. The average molecular weight is 787 g/mol. The minimum absolute atomic E-state index is 0.562. The van der Waals surface area contributed by atoms with Gasteiger partial charge in [-0.25, -0.2) is 9.98 Å². The van der Waals surface area contributed by atoms with Gasteiger partial charge in [-0.15, -0.1) is 0 Å². The van der Waals surface area contributed by atoms with E-state index >= 15 is 0 Å². The van der Waals surface area contributed by atoms with Crippen LogP contribution in [-0.2, 0) is 0 Å². The highest BCUT2D eigenvalue weighted by molar-refractivity contribution is 6.20. The zero-order valence-corrected chi connectivity index (χ0v) is 33.6. The summed E-state index contributed by atoms with van der Waals surface area (Å²) in [6, 6.07) is 60.6. The van der Waals surface area contributed by atoms with Crippen molar-refractivity contribution in [3.05, 3.63) is 210 Å². The maximum absolute atomic E-state index is 6.64. The average Bonchev–Trinajstić information content (AvgIpc) is 3.86. The number of furan rings is 1. The van der Waals surface area contributed by atoms with Gasteiger partial charge in [0.15, 0.2) is 11.6 Å². The molecule has 0 atom stereocenters. The van der Waals surface area contributed by atoms with E-state index in [4.69, 9.17) is 24.4 Å². The zero-order chi connectivity index (χ0) is 40.9. The summed E-state index contributed by atoms with van der Waals surface area (Å²) >= 11 is 0. The van der Waals surface area contributed by atoms with Crippen molar-refractivity contribution in [3.63, 3.8) is 0 Å². The van der Waals surface area contributed by atoms with Crippen molar-refractivity contribution < 1.29 is 4.42 Å². The molecule has 0 N–H and O–H groups in total. The number of nitrogens with zero attached hydrogens (tertiary/aromatic N) is 6. The minimum atomic E-state index is 0.562. The third-order valence-corrected chi connectivity index (χ3v) is 11.4. The summed E-state index contributed by atoms with van der Waals surface area (Å²) in [7, 11) is 2.09. The lowest BCUT2D eigenvalue weighted by atomic mass is 9.98. The number of anilines is 1. The molecule has 1 aliphatic heterocycles. The van der Waals surface area contributed by atoms with E-state index in [0.717, 1.165) is 94.0 Å². The SMILES string of the molecule is C\C=C/C=c1/oc2ccc(-c3ccc4c(c3)c3ccccc3n4-c3nc(-c4ccccc4)nc(-c4ccccc4)n3)cc2/c1=C1\N=C(c2ccccc2)c2ccccc2N1C. The van der Waals surface area contributed by atoms with Crippen LogP contribution in [0.15, 0.2) is 197 Å². The van der Waals surface area contributed by atoms with Gasteiger partial charge in [0.25, 0.3) is 0 Å². The molecular weight excluding hydrogens is 749 g/mol. The minimum Gasteiger partial charge on any atom is -0.456 e. The van der Waals surface area contributed by atoms with E-state index in [9.17, 15) is 0 Å². The summed E-state index contributed by atoms with van der Waals surface area (Å²) in [5.41, 5.74) is 11.7. The number of hydrogen-bond donors (Lipinski definition) is 0. The molecule has 0 fully saturated rings. The molecular formula is C54H38N6O. The molecule has 7 nitrogen and oxygen atoms in total.